The van der Waals surface area contributed by atoms with E-state index in [-0.39, 0.29) is 11.1 Å². The van der Waals surface area contributed by atoms with E-state index in [1.807, 2.05) is 12.4 Å². The summed E-state index contributed by atoms with van der Waals surface area (Å²) in [5.41, 5.74) is 3.03. The molecule has 1 saturated heterocycles. The lowest BCUT2D eigenvalue weighted by atomic mass is 9.84. The molecular weight excluding hydrogens is 246 g/mol. The number of nitrogens with one attached hydrogen (secondary N) is 1. The predicted molar refractivity (Wildman–Crippen MR) is 84.8 cm³/mol. The molecule has 0 unspecified atom stereocenters. The van der Waals surface area contributed by atoms with Crippen LogP contribution in [-0.4, -0.2) is 34.1 Å². The van der Waals surface area contributed by atoms with Crippen molar-refractivity contribution in [3.05, 3.63) is 29.6 Å². The molecule has 2 heterocycles. The first kappa shape index (κ1) is 15.5. The molecule has 1 aliphatic rings. The van der Waals surface area contributed by atoms with Gasteiger partial charge in [-0.2, -0.15) is 0 Å². The first-order valence-electron chi connectivity index (χ1n) is 7.81. The molecule has 3 nitrogen and oxygen atoms in total. The third-order valence-electron chi connectivity index (χ3n) is 4.90. The lowest BCUT2D eigenvalue weighted by Gasteiger charge is -2.52. The van der Waals surface area contributed by atoms with Crippen molar-refractivity contribution < 1.29 is 0 Å². The van der Waals surface area contributed by atoms with Crippen LogP contribution in [0.3, 0.4) is 0 Å². The van der Waals surface area contributed by atoms with Crippen molar-refractivity contribution in [3.8, 4) is 0 Å². The molecule has 1 fully saturated rings. The first-order chi connectivity index (χ1) is 9.41. The number of pyridine rings is 1. The second-order valence-electron chi connectivity index (χ2n) is 6.88. The van der Waals surface area contributed by atoms with E-state index in [0.29, 0.717) is 0 Å². The standard InChI is InChI=1S/C17H29N3/c1-6-17(7-2)13-20(16(4,5)12-19-17)11-15-8-14(3)9-18-10-15/h8-10,19H,6-7,11-13H2,1-5H3. The summed E-state index contributed by atoms with van der Waals surface area (Å²) in [6.07, 6.45) is 6.30. The normalized spacial score (nSPS) is 21.9. The Balaban J connectivity index is 2.18. The highest BCUT2D eigenvalue weighted by Crippen LogP contribution is 2.29. The molecule has 0 atom stereocenters. The zero-order valence-corrected chi connectivity index (χ0v) is 13.7. The zero-order valence-electron chi connectivity index (χ0n) is 13.7. The van der Waals surface area contributed by atoms with E-state index >= 15 is 0 Å². The molecule has 0 spiro atoms. The van der Waals surface area contributed by atoms with Gasteiger partial charge in [0.05, 0.1) is 0 Å². The third kappa shape index (κ3) is 3.21. The first-order valence-corrected chi connectivity index (χ1v) is 7.81. The lowest BCUT2D eigenvalue weighted by Crippen LogP contribution is -2.67. The number of rotatable bonds is 4. The van der Waals surface area contributed by atoms with Crippen LogP contribution in [-0.2, 0) is 6.54 Å². The molecule has 20 heavy (non-hydrogen) atoms. The fourth-order valence-corrected chi connectivity index (χ4v) is 3.07. The lowest BCUT2D eigenvalue weighted by molar-refractivity contribution is 0.0161. The van der Waals surface area contributed by atoms with Crippen LogP contribution in [0.25, 0.3) is 0 Å². The van der Waals surface area contributed by atoms with E-state index in [9.17, 15) is 0 Å². The summed E-state index contributed by atoms with van der Waals surface area (Å²) in [7, 11) is 0. The maximum absolute atomic E-state index is 4.33. The van der Waals surface area contributed by atoms with Crippen LogP contribution in [0, 0.1) is 6.92 Å². The maximum Gasteiger partial charge on any atom is 0.0313 e. The molecule has 0 bridgehead atoms. The molecule has 2 rings (SSSR count). The van der Waals surface area contributed by atoms with E-state index in [4.69, 9.17) is 0 Å². The van der Waals surface area contributed by atoms with Gasteiger partial charge in [-0.3, -0.25) is 9.88 Å². The Morgan fingerprint density at radius 1 is 1.25 bits per heavy atom. The van der Waals surface area contributed by atoms with Gasteiger partial charge in [0.15, 0.2) is 0 Å². The minimum atomic E-state index is 0.192. The molecule has 0 amide bonds. The second-order valence-corrected chi connectivity index (χ2v) is 6.88. The van der Waals surface area contributed by atoms with Crippen molar-refractivity contribution in [2.75, 3.05) is 13.1 Å². The van der Waals surface area contributed by atoms with Gasteiger partial charge in [-0.1, -0.05) is 19.9 Å². The van der Waals surface area contributed by atoms with Gasteiger partial charge in [-0.15, -0.1) is 0 Å². The highest BCUT2D eigenvalue weighted by molar-refractivity contribution is 5.17. The molecule has 0 radical (unpaired) electrons. The number of hydrogen-bond acceptors (Lipinski definition) is 3. The van der Waals surface area contributed by atoms with Crippen molar-refractivity contribution in [3.63, 3.8) is 0 Å². The average Bonchev–Trinajstić information content (AvgIpc) is 2.42. The third-order valence-corrected chi connectivity index (χ3v) is 4.90. The van der Waals surface area contributed by atoms with E-state index < -0.39 is 0 Å². The number of piperazine rings is 1. The summed E-state index contributed by atoms with van der Waals surface area (Å²) in [6, 6.07) is 2.25. The quantitative estimate of drug-likeness (QED) is 0.915. The summed E-state index contributed by atoms with van der Waals surface area (Å²) in [5.74, 6) is 0. The minimum absolute atomic E-state index is 0.192. The van der Waals surface area contributed by atoms with Crippen molar-refractivity contribution >= 4 is 0 Å². The van der Waals surface area contributed by atoms with Gasteiger partial charge < -0.3 is 5.32 Å². The molecule has 0 saturated carbocycles. The van der Waals surface area contributed by atoms with Gasteiger partial charge in [0, 0.05) is 43.1 Å². The van der Waals surface area contributed by atoms with Crippen LogP contribution >= 0.6 is 0 Å². The van der Waals surface area contributed by atoms with Crippen molar-refractivity contribution in [1.82, 2.24) is 15.2 Å². The van der Waals surface area contributed by atoms with Crippen molar-refractivity contribution in [2.24, 2.45) is 0 Å². The summed E-state index contributed by atoms with van der Waals surface area (Å²) in [6.45, 7) is 14.5. The van der Waals surface area contributed by atoms with Gasteiger partial charge in [-0.05, 0) is 44.7 Å². The van der Waals surface area contributed by atoms with Gasteiger partial charge in [0.25, 0.3) is 0 Å². The largest absolute Gasteiger partial charge is 0.308 e. The molecule has 1 N–H and O–H groups in total. The molecule has 0 aliphatic carbocycles. The smallest absolute Gasteiger partial charge is 0.0313 e. The summed E-state index contributed by atoms with van der Waals surface area (Å²) in [5, 5.41) is 3.79. The molecule has 112 valence electrons. The SMILES string of the molecule is CCC1(CC)CN(Cc2cncc(C)c2)C(C)(C)CN1. The Kier molecular flexibility index (Phi) is 4.50. The zero-order chi connectivity index (χ0) is 14.8. The van der Waals surface area contributed by atoms with Gasteiger partial charge >= 0.3 is 0 Å². The molecule has 0 aromatic carbocycles. The van der Waals surface area contributed by atoms with Crippen molar-refractivity contribution in [1.29, 1.82) is 0 Å². The van der Waals surface area contributed by atoms with E-state index in [1.54, 1.807) is 0 Å². The number of aryl methyl sites for hydroxylation is 1. The van der Waals surface area contributed by atoms with Crippen LogP contribution in [0.2, 0.25) is 0 Å². The number of nitrogens with zero attached hydrogens (tertiary/aromatic N) is 2. The minimum Gasteiger partial charge on any atom is -0.308 e. The Labute approximate surface area is 123 Å². The molecule has 1 aliphatic heterocycles. The molecular formula is C17H29N3. The predicted octanol–water partition coefficient (Wildman–Crippen LogP) is 3.13. The van der Waals surface area contributed by atoms with E-state index in [1.165, 1.54) is 24.0 Å². The van der Waals surface area contributed by atoms with Gasteiger partial charge in [-0.25, -0.2) is 0 Å². The summed E-state index contributed by atoms with van der Waals surface area (Å²) < 4.78 is 0. The van der Waals surface area contributed by atoms with E-state index in [2.05, 4.69) is 55.9 Å². The topological polar surface area (TPSA) is 28.2 Å². The Hall–Kier alpha value is -0.930. The van der Waals surface area contributed by atoms with Gasteiger partial charge in [0.2, 0.25) is 0 Å². The van der Waals surface area contributed by atoms with Crippen LogP contribution in [0.4, 0.5) is 0 Å². The highest BCUT2D eigenvalue weighted by Gasteiger charge is 2.40. The summed E-state index contributed by atoms with van der Waals surface area (Å²) in [4.78, 5) is 6.95. The summed E-state index contributed by atoms with van der Waals surface area (Å²) >= 11 is 0. The fraction of sp³-hybridized carbons (Fsp3) is 0.706. The van der Waals surface area contributed by atoms with Crippen LogP contribution in [0.5, 0.6) is 0 Å². The molecule has 1 aromatic heterocycles. The van der Waals surface area contributed by atoms with E-state index in [0.717, 1.165) is 19.6 Å². The molecule has 1 aromatic rings. The Morgan fingerprint density at radius 2 is 1.95 bits per heavy atom. The van der Waals surface area contributed by atoms with Crippen LogP contribution in [0.1, 0.15) is 51.7 Å². The average molecular weight is 275 g/mol. The molecule has 3 heteroatoms. The van der Waals surface area contributed by atoms with Crippen LogP contribution in [0.15, 0.2) is 18.5 Å². The van der Waals surface area contributed by atoms with Crippen molar-refractivity contribution in [2.45, 2.75) is 65.1 Å². The second kappa shape index (κ2) is 5.82. The fourth-order valence-electron chi connectivity index (χ4n) is 3.07. The van der Waals surface area contributed by atoms with Crippen LogP contribution < -0.4 is 5.32 Å². The monoisotopic (exact) mass is 275 g/mol. The Morgan fingerprint density at radius 3 is 2.55 bits per heavy atom. The maximum atomic E-state index is 4.33. The van der Waals surface area contributed by atoms with Gasteiger partial charge in [0.1, 0.15) is 0 Å². The highest BCUT2D eigenvalue weighted by atomic mass is 15.3. The number of aromatic nitrogens is 1. The Bertz CT molecular complexity index is 449. The number of hydrogen-bond donors (Lipinski definition) is 1.